The van der Waals surface area contributed by atoms with Gasteiger partial charge in [-0.1, -0.05) is 24.3 Å². The molecule has 2 fully saturated rings. The van der Waals surface area contributed by atoms with E-state index in [0.29, 0.717) is 35.5 Å². The molecule has 1 aromatic heterocycles. The van der Waals surface area contributed by atoms with Crippen LogP contribution in [0.25, 0.3) is 27.4 Å². The van der Waals surface area contributed by atoms with Crippen molar-refractivity contribution in [1.29, 1.82) is 0 Å². The maximum absolute atomic E-state index is 13.7. The lowest BCUT2D eigenvalue weighted by atomic mass is 10.0. The van der Waals surface area contributed by atoms with Crippen molar-refractivity contribution in [3.8, 4) is 17.2 Å². The molecule has 0 unspecified atom stereocenters. The Balaban J connectivity index is 1.38. The molecule has 3 N–H and O–H groups in total. The van der Waals surface area contributed by atoms with Crippen molar-refractivity contribution in [2.45, 2.75) is 25.3 Å². The lowest BCUT2D eigenvalue weighted by Gasteiger charge is -2.27. The average molecular weight is 510 g/mol. The summed E-state index contributed by atoms with van der Waals surface area (Å²) in [5.41, 5.74) is 8.27. The molecule has 7 rings (SSSR count). The molecule has 3 aliphatic rings. The molecule has 194 valence electrons. The highest BCUT2D eigenvalue weighted by Gasteiger charge is 2.30. The molecule has 3 aliphatic heterocycles. The first kappa shape index (κ1) is 23.3. The molecule has 0 spiro atoms. The third kappa shape index (κ3) is 3.83. The van der Waals surface area contributed by atoms with Crippen LogP contribution in [0.1, 0.15) is 29.6 Å². The Morgan fingerprint density at radius 1 is 1.05 bits per heavy atom. The molecule has 38 heavy (non-hydrogen) atoms. The van der Waals surface area contributed by atoms with E-state index in [1.165, 1.54) is 12.8 Å². The number of amides is 1. The van der Waals surface area contributed by atoms with Crippen molar-refractivity contribution in [3.63, 3.8) is 0 Å². The number of anilines is 1. The van der Waals surface area contributed by atoms with Gasteiger partial charge in [0.1, 0.15) is 11.1 Å². The number of pyridine rings is 1. The third-order valence-corrected chi connectivity index (χ3v) is 8.10. The van der Waals surface area contributed by atoms with Crippen LogP contribution >= 0.6 is 0 Å². The zero-order valence-corrected chi connectivity index (χ0v) is 21.3. The van der Waals surface area contributed by atoms with E-state index in [-0.39, 0.29) is 22.9 Å². The summed E-state index contributed by atoms with van der Waals surface area (Å²) in [6.07, 6.45) is 4.95. The fraction of sp³-hybridized carbons (Fsp3) is 0.333. The van der Waals surface area contributed by atoms with E-state index >= 15 is 0 Å². The van der Waals surface area contributed by atoms with Crippen LogP contribution in [0.4, 0.5) is 5.69 Å². The smallest absolute Gasteiger partial charge is 0.259 e. The summed E-state index contributed by atoms with van der Waals surface area (Å²) in [4.78, 5) is 31.3. The standard InChI is InChI=1S/C30H31N5O3/c31-21-9-13-34(17-21)30(37)23-18-35-25-15-19-5-1-2-6-20(19)16-26(25)38-29-24(8-7-22(27(29)35)28(23)36)32-10-14-33-11-3-4-12-33/h1-2,5-8,15-16,18,21,32H,3-4,9-14,17,31H2/t21-/m1/s1. The molecule has 0 bridgehead atoms. The minimum atomic E-state index is -0.278. The SMILES string of the molecule is N[C@@H]1CCN(C(=O)c2cn3c4c(c(NCCN5CCCC5)ccc4c2=O)Oc2cc4ccccc4cc2-3)C1. The number of hydrogen-bond donors (Lipinski definition) is 2. The number of likely N-dealkylation sites (tertiary alicyclic amines) is 2. The van der Waals surface area contributed by atoms with Gasteiger partial charge in [0.05, 0.1) is 16.8 Å². The van der Waals surface area contributed by atoms with Crippen LogP contribution in [0.15, 0.2) is 59.5 Å². The Labute approximate surface area is 220 Å². The Kier molecular flexibility index (Phi) is 5.60. The Morgan fingerprint density at radius 3 is 2.61 bits per heavy atom. The van der Waals surface area contributed by atoms with Gasteiger partial charge in [0.25, 0.3) is 5.91 Å². The van der Waals surface area contributed by atoms with Gasteiger partial charge in [-0.25, -0.2) is 0 Å². The summed E-state index contributed by atoms with van der Waals surface area (Å²) in [5.74, 6) is 1.04. The number of carbonyl (C=O) groups is 1. The number of nitrogens with one attached hydrogen (secondary N) is 1. The second-order valence-electron chi connectivity index (χ2n) is 10.6. The summed E-state index contributed by atoms with van der Waals surface area (Å²) in [6, 6.07) is 15.9. The van der Waals surface area contributed by atoms with Crippen molar-refractivity contribution in [3.05, 3.63) is 70.5 Å². The molecule has 0 saturated carbocycles. The highest BCUT2D eigenvalue weighted by molar-refractivity contribution is 6.02. The van der Waals surface area contributed by atoms with Crippen LogP contribution in [0.5, 0.6) is 11.5 Å². The maximum Gasteiger partial charge on any atom is 0.259 e. The van der Waals surface area contributed by atoms with E-state index in [4.69, 9.17) is 10.5 Å². The van der Waals surface area contributed by atoms with Gasteiger partial charge in [0.2, 0.25) is 5.43 Å². The largest absolute Gasteiger partial charge is 0.451 e. The highest BCUT2D eigenvalue weighted by Crippen LogP contribution is 2.45. The Morgan fingerprint density at radius 2 is 1.84 bits per heavy atom. The van der Waals surface area contributed by atoms with E-state index in [9.17, 15) is 9.59 Å². The lowest BCUT2D eigenvalue weighted by molar-refractivity contribution is 0.0789. The molecular weight excluding hydrogens is 478 g/mol. The third-order valence-electron chi connectivity index (χ3n) is 8.10. The summed E-state index contributed by atoms with van der Waals surface area (Å²) in [7, 11) is 0. The van der Waals surface area contributed by atoms with Gasteiger partial charge < -0.3 is 30.2 Å². The van der Waals surface area contributed by atoms with Gasteiger partial charge in [-0.15, -0.1) is 0 Å². The monoisotopic (exact) mass is 509 g/mol. The number of ether oxygens (including phenoxy) is 1. The zero-order valence-electron chi connectivity index (χ0n) is 21.3. The normalized spacial score (nSPS) is 18.7. The van der Waals surface area contributed by atoms with E-state index < -0.39 is 0 Å². The molecule has 2 saturated heterocycles. The van der Waals surface area contributed by atoms with Gasteiger partial charge in [0.15, 0.2) is 11.5 Å². The number of nitrogens with two attached hydrogens (primary N) is 1. The number of aromatic nitrogens is 1. The predicted octanol–water partition coefficient (Wildman–Crippen LogP) is 3.93. The topological polar surface area (TPSA) is 92.8 Å². The zero-order chi connectivity index (χ0) is 25.8. The van der Waals surface area contributed by atoms with Crippen LogP contribution in [0, 0.1) is 0 Å². The fourth-order valence-electron chi connectivity index (χ4n) is 6.06. The van der Waals surface area contributed by atoms with Crippen LogP contribution in [-0.2, 0) is 0 Å². The molecule has 4 aromatic rings. The number of fused-ring (bicyclic) bond motifs is 3. The van der Waals surface area contributed by atoms with Crippen LogP contribution in [0.2, 0.25) is 0 Å². The van der Waals surface area contributed by atoms with E-state index in [1.54, 1.807) is 11.1 Å². The number of rotatable bonds is 5. The van der Waals surface area contributed by atoms with Gasteiger partial charge in [-0.3, -0.25) is 9.59 Å². The summed E-state index contributed by atoms with van der Waals surface area (Å²) in [5, 5.41) is 6.14. The molecule has 1 amide bonds. The number of carbonyl (C=O) groups excluding carboxylic acids is 1. The highest BCUT2D eigenvalue weighted by atomic mass is 16.5. The van der Waals surface area contributed by atoms with Gasteiger partial charge >= 0.3 is 0 Å². The summed E-state index contributed by atoms with van der Waals surface area (Å²) in [6.45, 7) is 5.04. The number of benzene rings is 3. The molecule has 3 aromatic carbocycles. The van der Waals surface area contributed by atoms with Crippen LogP contribution < -0.4 is 21.2 Å². The minimum Gasteiger partial charge on any atom is -0.451 e. The molecular formula is C30H31N5O3. The lowest BCUT2D eigenvalue weighted by Crippen LogP contribution is -2.35. The van der Waals surface area contributed by atoms with Crippen molar-refractivity contribution in [2.75, 3.05) is 44.6 Å². The Bertz CT molecular complexity index is 1640. The number of hydrogen-bond acceptors (Lipinski definition) is 6. The van der Waals surface area contributed by atoms with E-state index in [1.807, 2.05) is 34.9 Å². The second-order valence-corrected chi connectivity index (χ2v) is 10.6. The molecule has 4 heterocycles. The molecule has 0 radical (unpaired) electrons. The number of nitrogens with zero attached hydrogens (tertiary/aromatic N) is 3. The van der Waals surface area contributed by atoms with Crippen LogP contribution in [-0.4, -0.2) is 65.6 Å². The first-order valence-corrected chi connectivity index (χ1v) is 13.5. The first-order valence-electron chi connectivity index (χ1n) is 13.5. The van der Waals surface area contributed by atoms with Crippen molar-refractivity contribution in [1.82, 2.24) is 14.4 Å². The molecule has 8 heteroatoms. The van der Waals surface area contributed by atoms with E-state index in [2.05, 4.69) is 28.4 Å². The summed E-state index contributed by atoms with van der Waals surface area (Å²) < 4.78 is 8.50. The second kappa shape index (κ2) is 9.15. The first-order chi connectivity index (χ1) is 18.6. The van der Waals surface area contributed by atoms with E-state index in [0.717, 1.165) is 54.7 Å². The Hall–Kier alpha value is -3.88. The molecule has 0 aliphatic carbocycles. The maximum atomic E-state index is 13.7. The molecule has 1 atom stereocenters. The van der Waals surface area contributed by atoms with Gasteiger partial charge in [0, 0.05) is 38.4 Å². The van der Waals surface area contributed by atoms with Crippen molar-refractivity contribution < 1.29 is 9.53 Å². The predicted molar refractivity (Wildman–Crippen MR) is 150 cm³/mol. The van der Waals surface area contributed by atoms with Crippen molar-refractivity contribution in [2.24, 2.45) is 5.73 Å². The minimum absolute atomic E-state index is 0.0539. The van der Waals surface area contributed by atoms with Gasteiger partial charge in [-0.2, -0.15) is 0 Å². The average Bonchev–Trinajstić information content (AvgIpc) is 3.61. The van der Waals surface area contributed by atoms with Gasteiger partial charge in [-0.05, 0) is 67.4 Å². The van der Waals surface area contributed by atoms with Crippen LogP contribution in [0.3, 0.4) is 0 Å². The quantitative estimate of drug-likeness (QED) is 0.373. The van der Waals surface area contributed by atoms with Crippen molar-refractivity contribution >= 4 is 33.3 Å². The summed E-state index contributed by atoms with van der Waals surface area (Å²) >= 11 is 0. The molecule has 8 nitrogen and oxygen atoms in total. The fourth-order valence-corrected chi connectivity index (χ4v) is 6.06.